The Balaban J connectivity index is 1.40. The summed E-state index contributed by atoms with van der Waals surface area (Å²) in [6, 6.07) is 13.5. The number of anilines is 1. The van der Waals surface area contributed by atoms with Crippen molar-refractivity contribution in [3.63, 3.8) is 0 Å². The number of benzene rings is 3. The Labute approximate surface area is 216 Å². The van der Waals surface area contributed by atoms with E-state index in [-0.39, 0.29) is 24.2 Å². The molecular formula is C27H27F4N5O2. The number of amides is 2. The van der Waals surface area contributed by atoms with E-state index in [1.807, 2.05) is 0 Å². The number of hydrogen-bond acceptors (Lipinski definition) is 4. The van der Waals surface area contributed by atoms with E-state index in [9.17, 15) is 27.5 Å². The van der Waals surface area contributed by atoms with Crippen LogP contribution in [0.2, 0.25) is 0 Å². The number of hydrogen-bond donors (Lipinski definition) is 3. The fraction of sp³-hybridized carbons (Fsp3) is 0.296. The number of fused-ring (bicyclic) bond motifs is 1. The van der Waals surface area contributed by atoms with Crippen molar-refractivity contribution in [1.29, 1.82) is 0 Å². The molecule has 0 spiro atoms. The van der Waals surface area contributed by atoms with Crippen molar-refractivity contribution in [2.24, 2.45) is 0 Å². The third kappa shape index (κ3) is 5.62. The molecule has 1 heterocycles. The Hall–Kier alpha value is -3.99. The highest BCUT2D eigenvalue weighted by atomic mass is 19.3. The highest BCUT2D eigenvalue weighted by Crippen LogP contribution is 2.32. The average Bonchev–Trinajstić information content (AvgIpc) is 3.23. The van der Waals surface area contributed by atoms with Crippen molar-refractivity contribution in [2.45, 2.75) is 51.3 Å². The molecule has 1 atom stereocenters. The van der Waals surface area contributed by atoms with Gasteiger partial charge in [0.2, 0.25) is 0 Å². The molecule has 4 rings (SSSR count). The molecule has 1 aromatic heterocycles. The van der Waals surface area contributed by atoms with Crippen LogP contribution in [0.25, 0.3) is 11.0 Å². The van der Waals surface area contributed by atoms with Gasteiger partial charge in [-0.2, -0.15) is 8.78 Å². The molecule has 2 amide bonds. The molecule has 3 N–H and O–H groups in total. The molecule has 0 bridgehead atoms. The van der Waals surface area contributed by atoms with Gasteiger partial charge in [0.15, 0.2) is 0 Å². The van der Waals surface area contributed by atoms with Crippen LogP contribution in [-0.2, 0) is 24.4 Å². The van der Waals surface area contributed by atoms with Gasteiger partial charge in [-0.05, 0) is 42.8 Å². The minimum absolute atomic E-state index is 0.0371. The van der Waals surface area contributed by atoms with Gasteiger partial charge < -0.3 is 15.7 Å². The van der Waals surface area contributed by atoms with Crippen LogP contribution in [0.3, 0.4) is 0 Å². The first-order valence-electron chi connectivity index (χ1n) is 11.9. The number of nitrogens with one attached hydrogen (secondary N) is 2. The summed E-state index contributed by atoms with van der Waals surface area (Å²) in [5.74, 6) is -4.64. The summed E-state index contributed by atoms with van der Waals surface area (Å²) in [6.45, 7) is 4.71. The van der Waals surface area contributed by atoms with Gasteiger partial charge in [-0.3, -0.25) is 0 Å². The van der Waals surface area contributed by atoms with Gasteiger partial charge >= 0.3 is 6.03 Å². The molecule has 0 aliphatic rings. The van der Waals surface area contributed by atoms with Gasteiger partial charge in [0.1, 0.15) is 23.3 Å². The number of alkyl halides is 2. The third-order valence-corrected chi connectivity index (χ3v) is 6.27. The molecule has 4 aromatic rings. The summed E-state index contributed by atoms with van der Waals surface area (Å²) in [6.07, 6.45) is -1.82. The summed E-state index contributed by atoms with van der Waals surface area (Å²) >= 11 is 0. The van der Waals surface area contributed by atoms with Crippen LogP contribution < -0.4 is 10.6 Å². The van der Waals surface area contributed by atoms with Crippen molar-refractivity contribution in [3.8, 4) is 0 Å². The first-order chi connectivity index (χ1) is 17.9. The topological polar surface area (TPSA) is 92.1 Å². The number of carbonyl (C=O) groups is 1. The number of halogens is 4. The lowest BCUT2D eigenvalue weighted by Gasteiger charge is -2.26. The van der Waals surface area contributed by atoms with Crippen molar-refractivity contribution >= 4 is 22.8 Å². The van der Waals surface area contributed by atoms with E-state index in [0.717, 1.165) is 6.92 Å². The molecule has 0 fully saturated rings. The molecule has 0 saturated heterocycles. The van der Waals surface area contributed by atoms with Crippen molar-refractivity contribution in [1.82, 2.24) is 20.3 Å². The number of urea groups is 1. The van der Waals surface area contributed by atoms with Gasteiger partial charge in [0, 0.05) is 28.8 Å². The van der Waals surface area contributed by atoms with Crippen LogP contribution in [0, 0.1) is 11.6 Å². The number of rotatable bonds is 8. The predicted octanol–water partition coefficient (Wildman–Crippen LogP) is 5.48. The summed E-state index contributed by atoms with van der Waals surface area (Å²) in [7, 11) is 0. The molecule has 0 aliphatic heterocycles. The van der Waals surface area contributed by atoms with E-state index in [2.05, 4.69) is 20.9 Å². The zero-order valence-electron chi connectivity index (χ0n) is 21.0. The Morgan fingerprint density at radius 1 is 1.05 bits per heavy atom. The monoisotopic (exact) mass is 529 g/mol. The van der Waals surface area contributed by atoms with Crippen molar-refractivity contribution < 1.29 is 27.5 Å². The lowest BCUT2D eigenvalue weighted by atomic mass is 9.83. The first-order valence-corrected chi connectivity index (χ1v) is 11.9. The normalized spacial score (nSPS) is 12.9. The van der Waals surface area contributed by atoms with Gasteiger partial charge in [0.25, 0.3) is 5.92 Å². The van der Waals surface area contributed by atoms with Gasteiger partial charge in [-0.1, -0.05) is 49.4 Å². The summed E-state index contributed by atoms with van der Waals surface area (Å²) in [4.78, 5) is 12.4. The van der Waals surface area contributed by atoms with Gasteiger partial charge in [-0.25, -0.2) is 18.3 Å². The number of aliphatic hydroxyl groups excluding tert-OH is 1. The lowest BCUT2D eigenvalue weighted by Crippen LogP contribution is -2.29. The quantitative estimate of drug-likeness (QED) is 0.264. The minimum atomic E-state index is -3.37. The highest BCUT2D eigenvalue weighted by Gasteiger charge is 2.37. The molecular weight excluding hydrogens is 502 g/mol. The maximum atomic E-state index is 14.4. The first kappa shape index (κ1) is 27.1. The molecule has 0 radical (unpaired) electrons. The maximum absolute atomic E-state index is 14.4. The van der Waals surface area contributed by atoms with E-state index < -0.39 is 35.1 Å². The van der Waals surface area contributed by atoms with E-state index in [4.69, 9.17) is 0 Å². The van der Waals surface area contributed by atoms with E-state index >= 15 is 0 Å². The highest BCUT2D eigenvalue weighted by molar-refractivity contribution is 5.91. The zero-order chi connectivity index (χ0) is 27.7. The maximum Gasteiger partial charge on any atom is 0.319 e. The number of aromatic nitrogens is 3. The van der Waals surface area contributed by atoms with Crippen LogP contribution in [0.5, 0.6) is 0 Å². The van der Waals surface area contributed by atoms with Crippen molar-refractivity contribution in [2.75, 3.05) is 5.32 Å². The molecule has 0 saturated carbocycles. The number of carbonyl (C=O) groups excluding carboxylic acids is 1. The van der Waals surface area contributed by atoms with Crippen molar-refractivity contribution in [3.05, 3.63) is 89.0 Å². The van der Waals surface area contributed by atoms with E-state index in [0.29, 0.717) is 22.3 Å². The number of aliphatic hydroxyl groups is 1. The standard InChI is InChI=1S/C27H27F4N5O2/c1-16(37)27(30,31)18-9-7-17(8-10-18)14-32-25(38)33-19-11-12-23-22(13-19)34-35-36(23)15-26(2,3)24-20(28)5-4-6-21(24)29/h4-13,16,37H,14-15H2,1-3H3,(H2,32,33,38)/t16-/m0/s1. The smallest absolute Gasteiger partial charge is 0.319 e. The van der Waals surface area contributed by atoms with Crippen LogP contribution >= 0.6 is 0 Å². The largest absolute Gasteiger partial charge is 0.387 e. The molecule has 11 heteroatoms. The predicted molar refractivity (Wildman–Crippen MR) is 135 cm³/mol. The zero-order valence-corrected chi connectivity index (χ0v) is 21.0. The molecule has 0 aliphatic carbocycles. The fourth-order valence-corrected chi connectivity index (χ4v) is 4.21. The Morgan fingerprint density at radius 3 is 2.34 bits per heavy atom. The SMILES string of the molecule is C[C@H](O)C(F)(F)c1ccc(CNC(=O)Nc2ccc3c(c2)nnn3CC(C)(C)c2c(F)cccc2F)cc1. The van der Waals surface area contributed by atoms with Crippen LogP contribution in [0.15, 0.2) is 60.7 Å². The molecule has 7 nitrogen and oxygen atoms in total. The Bertz CT molecular complexity index is 1430. The minimum Gasteiger partial charge on any atom is -0.387 e. The Kier molecular flexibility index (Phi) is 7.41. The summed E-state index contributed by atoms with van der Waals surface area (Å²) in [5.41, 5.74) is 0.856. The van der Waals surface area contributed by atoms with Gasteiger partial charge in [0.05, 0.1) is 12.1 Å². The van der Waals surface area contributed by atoms with Crippen LogP contribution in [0.4, 0.5) is 28.0 Å². The van der Waals surface area contributed by atoms with Gasteiger partial charge in [-0.15, -0.1) is 5.10 Å². The summed E-state index contributed by atoms with van der Waals surface area (Å²) < 4.78 is 58.1. The lowest BCUT2D eigenvalue weighted by molar-refractivity contribution is -0.106. The van der Waals surface area contributed by atoms with E-state index in [1.165, 1.54) is 42.5 Å². The second kappa shape index (κ2) is 10.4. The molecule has 0 unspecified atom stereocenters. The fourth-order valence-electron chi connectivity index (χ4n) is 4.21. The second-order valence-corrected chi connectivity index (χ2v) is 9.73. The van der Waals surface area contributed by atoms with Crippen LogP contribution in [0.1, 0.15) is 37.5 Å². The Morgan fingerprint density at radius 2 is 1.71 bits per heavy atom. The molecule has 38 heavy (non-hydrogen) atoms. The molecule has 200 valence electrons. The summed E-state index contributed by atoms with van der Waals surface area (Å²) in [5, 5.41) is 22.8. The third-order valence-electron chi connectivity index (χ3n) is 6.27. The second-order valence-electron chi connectivity index (χ2n) is 9.73. The van der Waals surface area contributed by atoms with E-state index in [1.54, 1.807) is 36.7 Å². The molecule has 3 aromatic carbocycles. The van der Waals surface area contributed by atoms with Crippen LogP contribution in [-0.4, -0.2) is 32.2 Å². The number of nitrogens with zero attached hydrogens (tertiary/aromatic N) is 3. The average molecular weight is 530 g/mol.